The van der Waals surface area contributed by atoms with Crippen molar-refractivity contribution in [2.45, 2.75) is 26.1 Å². The molecular formula is C42H50N8O12P2. The Kier molecular flexibility index (Phi) is 13.7. The number of hydrogen-bond donors (Lipinski definition) is 0. The van der Waals surface area contributed by atoms with E-state index in [9.17, 15) is 38.9 Å². The van der Waals surface area contributed by atoms with Crippen molar-refractivity contribution in [2.24, 2.45) is 0 Å². The molecule has 4 fully saturated rings. The van der Waals surface area contributed by atoms with E-state index in [4.69, 9.17) is 18.5 Å². The Bertz CT molecular complexity index is 2340. The van der Waals surface area contributed by atoms with E-state index in [1.807, 2.05) is 18.7 Å². The summed E-state index contributed by atoms with van der Waals surface area (Å²) < 4.78 is 57.4. The first kappa shape index (κ1) is 46.4. The number of nitro groups is 2. The summed E-state index contributed by atoms with van der Waals surface area (Å²) in [5.74, 6) is 0.218. The maximum Gasteiger partial charge on any atom is 0.346 e. The summed E-state index contributed by atoms with van der Waals surface area (Å²) in [4.78, 5) is 49.4. The predicted octanol–water partition coefficient (Wildman–Crippen LogP) is 7.81. The monoisotopic (exact) mass is 920 g/mol. The van der Waals surface area contributed by atoms with Gasteiger partial charge in [0.15, 0.2) is 0 Å². The summed E-state index contributed by atoms with van der Waals surface area (Å²) in [6.07, 6.45) is -1.13. The lowest BCUT2D eigenvalue weighted by atomic mass is 10.1. The number of nitrogens with zero attached hydrogens (tertiary/aromatic N) is 8. The zero-order chi connectivity index (χ0) is 46.1. The lowest BCUT2D eigenvalue weighted by Gasteiger charge is -2.24. The van der Waals surface area contributed by atoms with Crippen molar-refractivity contribution in [1.29, 1.82) is 0 Å². The molecule has 4 aliphatic rings. The fraction of sp³-hybridized carbons (Fsp3) is 0.381. The average Bonchev–Trinajstić information content (AvgIpc) is 4.06. The summed E-state index contributed by atoms with van der Waals surface area (Å²) in [6, 6.07) is 21.8. The van der Waals surface area contributed by atoms with Crippen LogP contribution in [-0.2, 0) is 18.2 Å². The van der Waals surface area contributed by atoms with Crippen molar-refractivity contribution < 1.29 is 47.1 Å². The molecule has 0 radical (unpaired) electrons. The van der Waals surface area contributed by atoms with Gasteiger partial charge >= 0.3 is 26.7 Å². The highest BCUT2D eigenvalue weighted by Gasteiger charge is 2.51. The Labute approximate surface area is 370 Å². The third-order valence-corrected chi connectivity index (χ3v) is 16.1. The minimum absolute atomic E-state index is 0.0192. The van der Waals surface area contributed by atoms with Crippen molar-refractivity contribution in [2.75, 3.05) is 80.5 Å². The van der Waals surface area contributed by atoms with Crippen LogP contribution < -0.4 is 9.47 Å². The van der Waals surface area contributed by atoms with Gasteiger partial charge in [-0.25, -0.2) is 18.7 Å². The van der Waals surface area contributed by atoms with E-state index in [0.29, 0.717) is 33.8 Å². The molecule has 4 aromatic carbocycles. The van der Waals surface area contributed by atoms with Crippen LogP contribution in [0.5, 0.6) is 23.0 Å². The van der Waals surface area contributed by atoms with E-state index in [2.05, 4.69) is 0 Å². The first-order valence-electron chi connectivity index (χ1n) is 20.5. The Balaban J connectivity index is 0.000000191. The minimum Gasteiger partial charge on any atom is -0.450 e. The summed E-state index contributed by atoms with van der Waals surface area (Å²) in [5, 5.41) is 23.1. The van der Waals surface area contributed by atoms with Crippen LogP contribution in [0, 0.1) is 20.2 Å². The van der Waals surface area contributed by atoms with Gasteiger partial charge in [-0.1, -0.05) is 12.1 Å². The topological polar surface area (TPSA) is 210 Å². The Hall–Kier alpha value is -5.56. The van der Waals surface area contributed by atoms with Crippen LogP contribution >= 0.6 is 15.3 Å². The van der Waals surface area contributed by atoms with Crippen molar-refractivity contribution in [1.82, 2.24) is 28.5 Å². The molecule has 0 unspecified atom stereocenters. The molecule has 0 saturated carbocycles. The van der Waals surface area contributed by atoms with Gasteiger partial charge in [-0.3, -0.25) is 48.0 Å². The number of ether oxygens (including phenoxy) is 2. The Morgan fingerprint density at radius 1 is 0.562 bits per heavy atom. The molecule has 2 amide bonds. The first-order chi connectivity index (χ1) is 30.4. The van der Waals surface area contributed by atoms with Crippen LogP contribution in [0.15, 0.2) is 84.9 Å². The lowest BCUT2D eigenvalue weighted by Crippen LogP contribution is -2.21. The quantitative estimate of drug-likeness (QED) is 0.0403. The van der Waals surface area contributed by atoms with Crippen molar-refractivity contribution >= 4 is 38.5 Å². The number of benzene rings is 4. The molecule has 8 rings (SSSR count). The molecule has 0 aliphatic carbocycles. The molecule has 22 heteroatoms. The fourth-order valence-electron chi connectivity index (χ4n) is 6.54. The molecule has 0 aromatic heterocycles. The van der Waals surface area contributed by atoms with E-state index in [1.165, 1.54) is 46.2 Å². The lowest BCUT2D eigenvalue weighted by molar-refractivity contribution is -0.385. The molecule has 4 aromatic rings. The fourth-order valence-corrected chi connectivity index (χ4v) is 11.2. The Morgan fingerprint density at radius 3 is 1.17 bits per heavy atom. The third kappa shape index (κ3) is 10.9. The highest BCUT2D eigenvalue weighted by molar-refractivity contribution is 7.54. The highest BCUT2D eigenvalue weighted by atomic mass is 31.2. The van der Waals surface area contributed by atoms with Crippen LogP contribution in [0.25, 0.3) is 0 Å². The average molecular weight is 921 g/mol. The maximum atomic E-state index is 13.3. The van der Waals surface area contributed by atoms with Gasteiger partial charge in [-0.15, -0.1) is 0 Å². The number of carbonyl (C=O) groups is 2. The molecule has 4 heterocycles. The standard InChI is InChI=1S/2C21H25N4O6P/c2*1-15(31-32(29,23-9-10-23)24-11-12-24)16-7-8-19(25(27)28)20(14-16)30-18-6-4-5-17(13-18)21(26)22(2)3/h2*4-8,13-15H,9-12H2,1-3H3/t2*15-/m10/s1. The van der Waals surface area contributed by atoms with Crippen molar-refractivity contribution in [3.05, 3.63) is 127 Å². The van der Waals surface area contributed by atoms with Gasteiger partial charge in [0.1, 0.15) is 11.5 Å². The van der Waals surface area contributed by atoms with Crippen LogP contribution in [0.2, 0.25) is 0 Å². The summed E-state index contributed by atoms with van der Waals surface area (Å²) in [5.41, 5.74) is 1.59. The largest absolute Gasteiger partial charge is 0.450 e. The van der Waals surface area contributed by atoms with Gasteiger partial charge in [-0.2, -0.15) is 0 Å². The van der Waals surface area contributed by atoms with Crippen molar-refractivity contribution in [3.63, 3.8) is 0 Å². The second-order valence-corrected chi connectivity index (χ2v) is 20.6. The van der Waals surface area contributed by atoms with Gasteiger partial charge in [0.2, 0.25) is 11.5 Å². The first-order valence-corrected chi connectivity index (χ1v) is 23.6. The number of hydrogen-bond acceptors (Lipinski definition) is 12. The van der Waals surface area contributed by atoms with E-state index < -0.39 is 37.4 Å². The van der Waals surface area contributed by atoms with E-state index in [-0.39, 0.29) is 34.7 Å². The number of carbonyl (C=O) groups excluding carboxylic acids is 2. The zero-order valence-electron chi connectivity index (χ0n) is 36.3. The molecule has 4 aliphatic heterocycles. The van der Waals surface area contributed by atoms with Gasteiger partial charge in [0.05, 0.1) is 22.1 Å². The molecule has 340 valence electrons. The number of nitro benzene ring substituents is 2. The summed E-state index contributed by atoms with van der Waals surface area (Å²) in [7, 11) is 0.453. The van der Waals surface area contributed by atoms with E-state index in [1.54, 1.807) is 90.6 Å². The smallest absolute Gasteiger partial charge is 0.346 e. The van der Waals surface area contributed by atoms with Crippen LogP contribution in [0.3, 0.4) is 0 Å². The number of amides is 2. The third-order valence-electron chi connectivity index (χ3n) is 10.4. The van der Waals surface area contributed by atoms with Gasteiger partial charge in [-0.05, 0) is 85.6 Å². The minimum atomic E-state index is -3.05. The second-order valence-electron chi connectivity index (χ2n) is 15.9. The summed E-state index contributed by atoms with van der Waals surface area (Å²) >= 11 is 0. The SMILES string of the molecule is C[C@@H](OP(=O)(N1CC1)N1CC1)c1ccc([N+](=O)[O-])c(Oc2cccc(C(=O)N(C)C)c2)c1.C[C@H](OP(=O)(N1CC1)N1CC1)c1ccc([N+](=O)[O-])c(Oc2cccc(C(=O)N(C)C)c2)c1. The molecule has 4 saturated heterocycles. The Morgan fingerprint density at radius 2 is 0.891 bits per heavy atom. The van der Waals surface area contributed by atoms with Crippen LogP contribution in [-0.4, -0.2) is 131 Å². The highest BCUT2D eigenvalue weighted by Crippen LogP contribution is 2.64. The predicted molar refractivity (Wildman–Crippen MR) is 236 cm³/mol. The normalized spacial score (nSPS) is 17.0. The molecular weight excluding hydrogens is 870 g/mol. The molecule has 64 heavy (non-hydrogen) atoms. The second kappa shape index (κ2) is 18.9. The van der Waals surface area contributed by atoms with Gasteiger partial charge in [0, 0.05) is 104 Å². The zero-order valence-corrected chi connectivity index (χ0v) is 38.1. The van der Waals surface area contributed by atoms with E-state index >= 15 is 0 Å². The molecule has 0 spiro atoms. The van der Waals surface area contributed by atoms with Gasteiger partial charge < -0.3 is 19.3 Å². The van der Waals surface area contributed by atoms with Crippen LogP contribution in [0.1, 0.15) is 57.9 Å². The molecule has 0 bridgehead atoms. The van der Waals surface area contributed by atoms with Crippen LogP contribution in [0.4, 0.5) is 11.4 Å². The summed E-state index contributed by atoms with van der Waals surface area (Å²) in [6.45, 7) is 9.40. The van der Waals surface area contributed by atoms with E-state index in [0.717, 1.165) is 52.4 Å². The molecule has 0 N–H and O–H groups in total. The van der Waals surface area contributed by atoms with Gasteiger partial charge in [0.25, 0.3) is 11.8 Å². The molecule has 2 atom stereocenters. The number of rotatable bonds is 18. The maximum absolute atomic E-state index is 13.3. The van der Waals surface area contributed by atoms with Crippen molar-refractivity contribution in [3.8, 4) is 23.0 Å². The molecule has 20 nitrogen and oxygen atoms in total.